The number of esters is 1. The van der Waals surface area contributed by atoms with Gasteiger partial charge >= 0.3 is 5.97 Å². The van der Waals surface area contributed by atoms with Crippen LogP contribution >= 0.6 is 0 Å². The summed E-state index contributed by atoms with van der Waals surface area (Å²) in [6, 6.07) is 6.97. The lowest BCUT2D eigenvalue weighted by Gasteiger charge is -2.34. The smallest absolute Gasteiger partial charge is 0.338 e. The summed E-state index contributed by atoms with van der Waals surface area (Å²) in [4.78, 5) is 12.8. The second-order valence-corrected chi connectivity index (χ2v) is 7.70. The van der Waals surface area contributed by atoms with Crippen LogP contribution in [-0.4, -0.2) is 47.8 Å². The van der Waals surface area contributed by atoms with Gasteiger partial charge in [-0.25, -0.2) is 4.79 Å². The number of carbonyl (C=O) groups excluding carboxylic acids is 1. The van der Waals surface area contributed by atoms with Crippen molar-refractivity contribution in [3.8, 4) is 46.0 Å². The van der Waals surface area contributed by atoms with Crippen molar-refractivity contribution < 1.29 is 50.0 Å². The topological polar surface area (TPSA) is 177 Å². The van der Waals surface area contributed by atoms with Crippen molar-refractivity contribution in [1.29, 1.82) is 0 Å². The van der Waals surface area contributed by atoms with Crippen LogP contribution in [0, 0.1) is 6.92 Å². The Morgan fingerprint density at radius 3 is 2.12 bits per heavy atom. The number of rotatable bonds is 3. The molecule has 3 aromatic rings. The predicted octanol–water partition coefficient (Wildman–Crippen LogP) is 2.84. The van der Waals surface area contributed by atoms with Crippen molar-refractivity contribution in [2.75, 3.05) is 0 Å². The van der Waals surface area contributed by atoms with Crippen LogP contribution in [0.5, 0.6) is 46.0 Å². The first-order chi connectivity index (χ1) is 15.5. The first kappa shape index (κ1) is 21.8. The van der Waals surface area contributed by atoms with Crippen molar-refractivity contribution in [1.82, 2.24) is 0 Å². The molecule has 33 heavy (non-hydrogen) atoms. The number of carbonyl (C=O) groups is 1. The molecule has 1 aliphatic rings. The number of aromatic hydroxyl groups is 7. The van der Waals surface area contributed by atoms with Gasteiger partial charge in [0.15, 0.2) is 34.9 Å². The third-order valence-corrected chi connectivity index (χ3v) is 5.36. The molecule has 0 aliphatic carbocycles. The van der Waals surface area contributed by atoms with Gasteiger partial charge in [-0.2, -0.15) is 0 Å². The van der Waals surface area contributed by atoms with Crippen LogP contribution in [0.1, 0.15) is 33.2 Å². The number of hydrogen-bond acceptors (Lipinski definition) is 10. The Morgan fingerprint density at radius 1 is 0.848 bits per heavy atom. The normalized spacial score (nSPS) is 17.1. The van der Waals surface area contributed by atoms with E-state index < -0.39 is 41.2 Å². The van der Waals surface area contributed by atoms with E-state index in [9.17, 15) is 40.5 Å². The Labute approximate surface area is 186 Å². The highest BCUT2D eigenvalue weighted by Gasteiger charge is 2.37. The number of hydrogen-bond donors (Lipinski definition) is 7. The van der Waals surface area contributed by atoms with Gasteiger partial charge < -0.3 is 45.2 Å². The van der Waals surface area contributed by atoms with Crippen LogP contribution in [0.15, 0.2) is 36.4 Å². The van der Waals surface area contributed by atoms with E-state index in [4.69, 9.17) is 9.47 Å². The maximum Gasteiger partial charge on any atom is 0.338 e. The van der Waals surface area contributed by atoms with Gasteiger partial charge in [-0.05, 0) is 36.8 Å². The molecule has 4 rings (SSSR count). The Morgan fingerprint density at radius 2 is 1.48 bits per heavy atom. The maximum absolute atomic E-state index is 12.8. The molecular weight excluding hydrogens is 436 g/mol. The van der Waals surface area contributed by atoms with E-state index >= 15 is 0 Å². The van der Waals surface area contributed by atoms with Gasteiger partial charge in [-0.1, -0.05) is 0 Å². The fourth-order valence-corrected chi connectivity index (χ4v) is 3.71. The monoisotopic (exact) mass is 456 g/mol. The van der Waals surface area contributed by atoms with Crippen molar-refractivity contribution >= 4 is 5.97 Å². The van der Waals surface area contributed by atoms with Gasteiger partial charge in [0.25, 0.3) is 0 Å². The number of phenolic OH excluding ortho intramolecular Hbond substituents is 7. The number of aryl methyl sites for hydroxylation is 1. The van der Waals surface area contributed by atoms with E-state index in [1.54, 1.807) is 6.92 Å². The quantitative estimate of drug-likeness (QED) is 0.229. The van der Waals surface area contributed by atoms with Crippen LogP contribution in [0.4, 0.5) is 0 Å². The lowest BCUT2D eigenvalue weighted by molar-refractivity contribution is -0.0189. The fraction of sp³-hybridized carbons (Fsp3) is 0.174. The van der Waals surface area contributed by atoms with Gasteiger partial charge in [-0.3, -0.25) is 0 Å². The third-order valence-electron chi connectivity index (χ3n) is 5.36. The van der Waals surface area contributed by atoms with Crippen molar-refractivity contribution in [2.24, 2.45) is 0 Å². The summed E-state index contributed by atoms with van der Waals surface area (Å²) in [6.07, 6.45) is -2.14. The van der Waals surface area contributed by atoms with E-state index in [0.29, 0.717) is 11.1 Å². The zero-order valence-electron chi connectivity index (χ0n) is 17.2. The Kier molecular flexibility index (Phi) is 5.21. The first-order valence-electron chi connectivity index (χ1n) is 9.75. The minimum absolute atomic E-state index is 0.0470. The van der Waals surface area contributed by atoms with E-state index in [0.717, 1.165) is 18.2 Å². The molecule has 0 amide bonds. The Bertz CT molecular complexity index is 1220. The molecule has 7 N–H and O–H groups in total. The number of phenols is 7. The first-order valence-corrected chi connectivity index (χ1v) is 9.75. The molecule has 2 atom stereocenters. The Hall–Kier alpha value is -4.47. The molecule has 3 aromatic carbocycles. The summed E-state index contributed by atoms with van der Waals surface area (Å²) in [5.41, 5.74) is 0.673. The summed E-state index contributed by atoms with van der Waals surface area (Å²) in [6.45, 7) is 1.55. The zero-order valence-corrected chi connectivity index (χ0v) is 17.2. The van der Waals surface area contributed by atoms with Gasteiger partial charge in [0.1, 0.15) is 23.4 Å². The molecule has 1 heterocycles. The van der Waals surface area contributed by atoms with Gasteiger partial charge in [0.05, 0.1) is 5.56 Å². The minimum atomic E-state index is -1.07. The summed E-state index contributed by atoms with van der Waals surface area (Å²) in [7, 11) is 0. The third kappa shape index (κ3) is 3.93. The molecule has 0 saturated carbocycles. The standard InChI is InChI=1S/C23H20O10/c1-9-2-10(3-15(26)20(9)29)22-19(8-13-14(25)6-12(24)7-18(13)32-22)33-23(31)11-4-16(27)21(30)17(28)5-11/h2-7,19,22,24-30H,8H2,1H3/t19-,22?/m1/s1. The van der Waals surface area contributed by atoms with Gasteiger partial charge in [-0.15, -0.1) is 0 Å². The molecule has 1 unspecified atom stereocenters. The van der Waals surface area contributed by atoms with Crippen LogP contribution in [-0.2, 0) is 11.2 Å². The molecular formula is C23H20O10. The second-order valence-electron chi connectivity index (χ2n) is 7.70. The summed E-state index contributed by atoms with van der Waals surface area (Å²) < 4.78 is 11.5. The molecule has 172 valence electrons. The molecule has 10 heteroatoms. The van der Waals surface area contributed by atoms with Crippen LogP contribution < -0.4 is 4.74 Å². The van der Waals surface area contributed by atoms with Crippen molar-refractivity contribution in [3.05, 3.63) is 58.7 Å². The number of ether oxygens (including phenoxy) is 2. The van der Waals surface area contributed by atoms with Gasteiger partial charge in [0.2, 0.25) is 0 Å². The molecule has 0 spiro atoms. The minimum Gasteiger partial charge on any atom is -0.508 e. The molecule has 0 radical (unpaired) electrons. The average molecular weight is 456 g/mol. The molecule has 10 nitrogen and oxygen atoms in total. The average Bonchev–Trinajstić information content (AvgIpc) is 2.75. The predicted molar refractivity (Wildman–Crippen MR) is 112 cm³/mol. The van der Waals surface area contributed by atoms with Crippen molar-refractivity contribution in [2.45, 2.75) is 25.6 Å². The lowest BCUT2D eigenvalue weighted by Crippen LogP contribution is -2.34. The van der Waals surface area contributed by atoms with Crippen molar-refractivity contribution in [3.63, 3.8) is 0 Å². The van der Waals surface area contributed by atoms with E-state index in [-0.39, 0.29) is 40.5 Å². The zero-order chi connectivity index (χ0) is 24.0. The molecule has 0 bridgehead atoms. The van der Waals surface area contributed by atoms with E-state index in [2.05, 4.69) is 0 Å². The van der Waals surface area contributed by atoms with E-state index in [1.807, 2.05) is 0 Å². The number of benzene rings is 3. The Balaban J connectivity index is 1.75. The summed E-state index contributed by atoms with van der Waals surface area (Å²) >= 11 is 0. The lowest BCUT2D eigenvalue weighted by atomic mass is 9.92. The summed E-state index contributed by atoms with van der Waals surface area (Å²) in [5, 5.41) is 68.9. The van der Waals surface area contributed by atoms with Crippen LogP contribution in [0.25, 0.3) is 0 Å². The van der Waals surface area contributed by atoms with Crippen LogP contribution in [0.3, 0.4) is 0 Å². The largest absolute Gasteiger partial charge is 0.508 e. The molecule has 0 saturated heterocycles. The fourth-order valence-electron chi connectivity index (χ4n) is 3.71. The van der Waals surface area contributed by atoms with Gasteiger partial charge in [0, 0.05) is 29.7 Å². The van der Waals surface area contributed by atoms with Crippen LogP contribution in [0.2, 0.25) is 0 Å². The SMILES string of the molecule is Cc1cc(C2Oc3cc(O)cc(O)c3C[C@H]2OC(=O)c2cc(O)c(O)c(O)c2)cc(O)c1O. The van der Waals surface area contributed by atoms with E-state index in [1.165, 1.54) is 18.2 Å². The highest BCUT2D eigenvalue weighted by atomic mass is 16.6. The maximum atomic E-state index is 12.8. The summed E-state index contributed by atoms with van der Waals surface area (Å²) in [5.74, 6) is -4.36. The highest BCUT2D eigenvalue weighted by Crippen LogP contribution is 2.45. The molecule has 0 fully saturated rings. The molecule has 1 aliphatic heterocycles. The molecule has 0 aromatic heterocycles. The second kappa shape index (κ2) is 7.90. The number of fused-ring (bicyclic) bond motifs is 1. The highest BCUT2D eigenvalue weighted by molar-refractivity contribution is 5.91.